The second-order valence-electron chi connectivity index (χ2n) is 7.09. The summed E-state index contributed by atoms with van der Waals surface area (Å²) in [5, 5.41) is 9.74. The number of aryl methyl sites for hydroxylation is 1. The smallest absolute Gasteiger partial charge is 0.435 e. The Kier molecular flexibility index (Phi) is 6.66. The molecule has 0 amide bonds. The van der Waals surface area contributed by atoms with Gasteiger partial charge in [0.25, 0.3) is 0 Å². The van der Waals surface area contributed by atoms with Crippen molar-refractivity contribution in [3.63, 3.8) is 0 Å². The molecule has 3 rings (SSSR count). The van der Waals surface area contributed by atoms with Gasteiger partial charge in [0.1, 0.15) is 5.75 Å². The number of hydrogen-bond acceptors (Lipinski definition) is 3. The predicted molar refractivity (Wildman–Crippen MR) is 105 cm³/mol. The summed E-state index contributed by atoms with van der Waals surface area (Å²) >= 11 is 0. The summed E-state index contributed by atoms with van der Waals surface area (Å²) in [5.41, 5.74) is 0.0971. The molecule has 6 nitrogen and oxygen atoms in total. The van der Waals surface area contributed by atoms with Crippen LogP contribution in [-0.4, -0.2) is 28.9 Å². The van der Waals surface area contributed by atoms with Crippen LogP contribution in [0.5, 0.6) is 5.75 Å². The molecule has 1 aliphatic carbocycles. The highest BCUT2D eigenvalue weighted by atomic mass is 19.4. The zero-order chi connectivity index (χ0) is 20.9. The average Bonchev–Trinajstić information content (AvgIpc) is 3.42. The van der Waals surface area contributed by atoms with Crippen molar-refractivity contribution in [2.24, 2.45) is 18.0 Å². The standard InChI is InChI=1S/C20H26F3N5O/c1-3-24-19(26-11-16-12-28(2)27-18(16)20(21,22)23)25-10-15-6-4-5-7-17(15)29-13-14-8-9-14/h4-7,12,14H,3,8-11,13H2,1-2H3,(H2,24,25,26). The highest BCUT2D eigenvalue weighted by Crippen LogP contribution is 2.31. The lowest BCUT2D eigenvalue weighted by atomic mass is 10.2. The molecule has 0 saturated heterocycles. The van der Waals surface area contributed by atoms with Crippen molar-refractivity contribution in [1.29, 1.82) is 0 Å². The Morgan fingerprint density at radius 3 is 2.69 bits per heavy atom. The topological polar surface area (TPSA) is 63.5 Å². The maximum Gasteiger partial charge on any atom is 0.435 e. The van der Waals surface area contributed by atoms with Gasteiger partial charge in [-0.1, -0.05) is 18.2 Å². The third kappa shape index (κ3) is 6.13. The number of nitrogens with zero attached hydrogens (tertiary/aromatic N) is 3. The number of rotatable bonds is 8. The molecule has 1 fully saturated rings. The van der Waals surface area contributed by atoms with E-state index in [1.54, 1.807) is 0 Å². The van der Waals surface area contributed by atoms with Gasteiger partial charge >= 0.3 is 6.18 Å². The van der Waals surface area contributed by atoms with Crippen molar-refractivity contribution in [2.75, 3.05) is 13.2 Å². The molecule has 1 heterocycles. The van der Waals surface area contributed by atoms with Crippen LogP contribution in [0.2, 0.25) is 0 Å². The molecule has 0 atom stereocenters. The first-order chi connectivity index (χ1) is 13.9. The average molecular weight is 409 g/mol. The number of ether oxygens (including phenoxy) is 1. The molecule has 2 N–H and O–H groups in total. The van der Waals surface area contributed by atoms with Crippen molar-refractivity contribution in [3.8, 4) is 5.75 Å². The molecule has 1 aromatic carbocycles. The second-order valence-corrected chi connectivity index (χ2v) is 7.09. The summed E-state index contributed by atoms with van der Waals surface area (Å²) in [6.07, 6.45) is -0.732. The van der Waals surface area contributed by atoms with Crippen LogP contribution in [0.25, 0.3) is 0 Å². The van der Waals surface area contributed by atoms with Crippen LogP contribution < -0.4 is 15.4 Å². The first kappa shape index (κ1) is 21.0. The summed E-state index contributed by atoms with van der Waals surface area (Å²) in [6.45, 7) is 3.52. The van der Waals surface area contributed by atoms with E-state index in [0.29, 0.717) is 31.6 Å². The van der Waals surface area contributed by atoms with E-state index in [-0.39, 0.29) is 12.1 Å². The maximum atomic E-state index is 13.1. The van der Waals surface area contributed by atoms with Crippen molar-refractivity contribution in [3.05, 3.63) is 47.3 Å². The number of halogens is 3. The molecule has 0 aliphatic heterocycles. The Morgan fingerprint density at radius 1 is 1.24 bits per heavy atom. The van der Waals surface area contributed by atoms with E-state index in [9.17, 15) is 13.2 Å². The predicted octanol–water partition coefficient (Wildman–Crippen LogP) is 3.48. The Morgan fingerprint density at radius 2 is 2.00 bits per heavy atom. The molecule has 0 unspecified atom stereocenters. The highest BCUT2D eigenvalue weighted by molar-refractivity contribution is 5.79. The molecular formula is C20H26F3N5O. The third-order valence-electron chi connectivity index (χ3n) is 4.52. The molecule has 29 heavy (non-hydrogen) atoms. The number of alkyl halides is 3. The summed E-state index contributed by atoms with van der Waals surface area (Å²) in [7, 11) is 1.46. The summed E-state index contributed by atoms with van der Waals surface area (Å²) in [5.74, 6) is 1.90. The van der Waals surface area contributed by atoms with Crippen molar-refractivity contribution in [1.82, 2.24) is 20.4 Å². The third-order valence-corrected chi connectivity index (χ3v) is 4.52. The normalized spacial score (nSPS) is 14.7. The van der Waals surface area contributed by atoms with E-state index in [2.05, 4.69) is 20.7 Å². The fourth-order valence-corrected chi connectivity index (χ4v) is 2.86. The molecule has 9 heteroatoms. The maximum absolute atomic E-state index is 13.1. The van der Waals surface area contributed by atoms with Gasteiger partial charge in [-0.05, 0) is 31.7 Å². The monoisotopic (exact) mass is 409 g/mol. The van der Waals surface area contributed by atoms with E-state index in [0.717, 1.165) is 16.0 Å². The molecular weight excluding hydrogens is 383 g/mol. The number of aliphatic imine (C=N–C) groups is 1. The fraction of sp³-hybridized carbons (Fsp3) is 0.500. The van der Waals surface area contributed by atoms with Crippen LogP contribution in [0, 0.1) is 5.92 Å². The van der Waals surface area contributed by atoms with Crippen LogP contribution in [0.4, 0.5) is 13.2 Å². The number of nitrogens with one attached hydrogen (secondary N) is 2. The van der Waals surface area contributed by atoms with Gasteiger partial charge in [-0.15, -0.1) is 0 Å². The van der Waals surface area contributed by atoms with E-state index < -0.39 is 11.9 Å². The van der Waals surface area contributed by atoms with Gasteiger partial charge in [-0.2, -0.15) is 18.3 Å². The molecule has 0 radical (unpaired) electrons. The summed E-state index contributed by atoms with van der Waals surface area (Å²) in [6, 6.07) is 7.73. The number of para-hydroxylation sites is 1. The van der Waals surface area contributed by atoms with E-state index in [1.165, 1.54) is 26.1 Å². The lowest BCUT2D eigenvalue weighted by Gasteiger charge is -2.14. The van der Waals surface area contributed by atoms with Crippen molar-refractivity contribution in [2.45, 2.75) is 39.0 Å². The number of aromatic nitrogens is 2. The lowest BCUT2D eigenvalue weighted by molar-refractivity contribution is -0.142. The molecule has 158 valence electrons. The van der Waals surface area contributed by atoms with E-state index in [4.69, 9.17) is 4.74 Å². The van der Waals surface area contributed by atoms with Gasteiger partial charge < -0.3 is 15.4 Å². The minimum Gasteiger partial charge on any atom is -0.493 e. The molecule has 2 aromatic rings. The van der Waals surface area contributed by atoms with E-state index in [1.807, 2.05) is 31.2 Å². The zero-order valence-corrected chi connectivity index (χ0v) is 16.6. The molecule has 1 aliphatic rings. The zero-order valence-electron chi connectivity index (χ0n) is 16.6. The molecule has 1 aromatic heterocycles. The highest BCUT2D eigenvalue weighted by Gasteiger charge is 2.36. The molecule has 1 saturated carbocycles. The minimum absolute atomic E-state index is 0.0327. The second kappa shape index (κ2) is 9.19. The summed E-state index contributed by atoms with van der Waals surface area (Å²) in [4.78, 5) is 4.30. The van der Waals surface area contributed by atoms with Crippen molar-refractivity contribution < 1.29 is 17.9 Å². The Labute approximate surface area is 168 Å². The van der Waals surface area contributed by atoms with Gasteiger partial charge in [-0.25, -0.2) is 4.99 Å². The Bertz CT molecular complexity index is 843. The van der Waals surface area contributed by atoms with Crippen LogP contribution in [0.1, 0.15) is 36.6 Å². The van der Waals surface area contributed by atoms with Crippen LogP contribution in [-0.2, 0) is 26.3 Å². The summed E-state index contributed by atoms with van der Waals surface area (Å²) < 4.78 is 46.4. The lowest BCUT2D eigenvalue weighted by Crippen LogP contribution is -2.36. The van der Waals surface area contributed by atoms with Gasteiger partial charge in [-0.3, -0.25) is 4.68 Å². The largest absolute Gasteiger partial charge is 0.493 e. The number of hydrogen-bond donors (Lipinski definition) is 2. The quantitative estimate of drug-likeness (QED) is 0.518. The minimum atomic E-state index is -4.50. The van der Waals surface area contributed by atoms with Crippen molar-refractivity contribution >= 4 is 5.96 Å². The van der Waals surface area contributed by atoms with Crippen LogP contribution in [0.3, 0.4) is 0 Å². The SMILES string of the molecule is CCNC(=NCc1cn(C)nc1C(F)(F)F)NCc1ccccc1OCC1CC1. The van der Waals surface area contributed by atoms with Gasteiger partial charge in [0.2, 0.25) is 0 Å². The Balaban J connectivity index is 1.66. The van der Waals surface area contributed by atoms with Gasteiger partial charge in [0.05, 0.1) is 13.2 Å². The number of guanidine groups is 1. The van der Waals surface area contributed by atoms with Gasteiger partial charge in [0, 0.05) is 37.5 Å². The van der Waals surface area contributed by atoms with E-state index >= 15 is 0 Å². The van der Waals surface area contributed by atoms with Gasteiger partial charge in [0.15, 0.2) is 11.7 Å². The Hall–Kier alpha value is -2.71. The number of benzene rings is 1. The van der Waals surface area contributed by atoms with Crippen LogP contribution in [0.15, 0.2) is 35.5 Å². The first-order valence-electron chi connectivity index (χ1n) is 9.69. The molecule has 0 spiro atoms. The first-order valence-corrected chi connectivity index (χ1v) is 9.69. The molecule has 0 bridgehead atoms. The van der Waals surface area contributed by atoms with Crippen LogP contribution >= 0.6 is 0 Å². The fourth-order valence-electron chi connectivity index (χ4n) is 2.86.